The van der Waals surface area contributed by atoms with Gasteiger partial charge in [-0.2, -0.15) is 4.89 Å². The summed E-state index contributed by atoms with van der Waals surface area (Å²) in [5, 5.41) is 18.3. The summed E-state index contributed by atoms with van der Waals surface area (Å²) < 4.78 is 0. The molecule has 0 aromatic heterocycles. The Morgan fingerprint density at radius 3 is 2.00 bits per heavy atom. The average Bonchev–Trinajstić information content (AvgIpc) is 2.43. The molecule has 0 amide bonds. The molecule has 0 aliphatic heterocycles. The molecule has 6 heteroatoms. The molecule has 0 bridgehead atoms. The number of carbonyl (C=O) groups is 2. The quantitative estimate of drug-likeness (QED) is 0.348. The molecule has 0 saturated carbocycles. The van der Waals surface area contributed by atoms with Crippen LogP contribution in [0, 0.1) is 5.92 Å². The molecule has 0 spiro atoms. The topological polar surface area (TPSA) is 93.1 Å². The van der Waals surface area contributed by atoms with Crippen LogP contribution in [0.1, 0.15) is 33.3 Å². The van der Waals surface area contributed by atoms with Crippen LogP contribution in [0.5, 0.6) is 0 Å². The first-order chi connectivity index (χ1) is 10.2. The van der Waals surface area contributed by atoms with Gasteiger partial charge in [0, 0.05) is 0 Å². The molecule has 22 heavy (non-hydrogen) atoms. The fourth-order valence-electron chi connectivity index (χ4n) is 1.84. The van der Waals surface area contributed by atoms with Gasteiger partial charge in [0.15, 0.2) is 0 Å². The Morgan fingerprint density at radius 1 is 1.05 bits per heavy atom. The number of rotatable bonds is 7. The van der Waals surface area contributed by atoms with E-state index in [9.17, 15) is 14.7 Å². The molecule has 0 radical (unpaired) electrons. The third-order valence-corrected chi connectivity index (χ3v) is 3.05. The Balaban J connectivity index is 3.06. The van der Waals surface area contributed by atoms with Crippen molar-refractivity contribution >= 4 is 11.9 Å². The second-order valence-corrected chi connectivity index (χ2v) is 5.55. The number of hydrogen-bond acceptors (Lipinski definition) is 4. The summed E-state index contributed by atoms with van der Waals surface area (Å²) >= 11 is 0. The van der Waals surface area contributed by atoms with Gasteiger partial charge in [-0.25, -0.2) is 9.59 Å². The summed E-state index contributed by atoms with van der Waals surface area (Å²) in [5.74, 6) is -4.10. The highest BCUT2D eigenvalue weighted by atomic mass is 17.2. The fourth-order valence-corrected chi connectivity index (χ4v) is 1.84. The highest BCUT2D eigenvalue weighted by Crippen LogP contribution is 2.27. The van der Waals surface area contributed by atoms with Crippen LogP contribution in [0.4, 0.5) is 0 Å². The Bertz CT molecular complexity index is 572. The highest BCUT2D eigenvalue weighted by Gasteiger charge is 2.30. The van der Waals surface area contributed by atoms with E-state index in [0.717, 1.165) is 5.56 Å². The second kappa shape index (κ2) is 7.09. The molecule has 0 saturated heterocycles. The standard InChI is InChI=1S/C16H20O6/c1-10(2)12(14(17)18)13(15(19)20)21-22-16(3,4)11-8-6-5-7-9-11/h5-10H,1-4H3,(H,17,18)(H,19,20)/b13-12-. The lowest BCUT2D eigenvalue weighted by molar-refractivity contribution is -0.331. The van der Waals surface area contributed by atoms with Gasteiger partial charge in [0.25, 0.3) is 5.76 Å². The van der Waals surface area contributed by atoms with E-state index in [1.54, 1.807) is 39.8 Å². The molecule has 1 aromatic rings. The smallest absolute Gasteiger partial charge is 0.375 e. The van der Waals surface area contributed by atoms with Crippen LogP contribution in [-0.4, -0.2) is 22.2 Å². The normalized spacial score (nSPS) is 12.8. The van der Waals surface area contributed by atoms with E-state index in [1.807, 2.05) is 18.2 Å². The predicted molar refractivity (Wildman–Crippen MR) is 78.8 cm³/mol. The average molecular weight is 308 g/mol. The third kappa shape index (κ3) is 4.33. The van der Waals surface area contributed by atoms with Gasteiger partial charge in [0.1, 0.15) is 5.60 Å². The molecule has 0 aliphatic rings. The van der Waals surface area contributed by atoms with Gasteiger partial charge < -0.3 is 15.1 Å². The minimum Gasteiger partial charge on any atom is -0.478 e. The molecule has 0 atom stereocenters. The van der Waals surface area contributed by atoms with Crippen molar-refractivity contribution in [2.24, 2.45) is 5.92 Å². The first-order valence-corrected chi connectivity index (χ1v) is 6.78. The first kappa shape index (κ1) is 17.7. The van der Waals surface area contributed by atoms with Crippen LogP contribution in [0.2, 0.25) is 0 Å². The van der Waals surface area contributed by atoms with Crippen LogP contribution >= 0.6 is 0 Å². The third-order valence-electron chi connectivity index (χ3n) is 3.05. The second-order valence-electron chi connectivity index (χ2n) is 5.55. The minimum absolute atomic E-state index is 0.351. The SMILES string of the molecule is CC(C)/C(C(=O)O)=C(/OOC(C)(C)c1ccccc1)C(=O)O. The zero-order valence-corrected chi connectivity index (χ0v) is 13.0. The summed E-state index contributed by atoms with van der Waals surface area (Å²) in [6.07, 6.45) is 0. The molecule has 0 fully saturated rings. The molecule has 2 N–H and O–H groups in total. The molecule has 1 rings (SSSR count). The number of aliphatic carboxylic acids is 2. The predicted octanol–water partition coefficient (Wildman–Crippen LogP) is 2.95. The summed E-state index contributed by atoms with van der Waals surface area (Å²) in [6, 6.07) is 9.06. The fraction of sp³-hybridized carbons (Fsp3) is 0.375. The molecular formula is C16H20O6. The molecule has 0 unspecified atom stereocenters. The molecule has 120 valence electrons. The van der Waals surface area contributed by atoms with E-state index in [-0.39, 0.29) is 5.57 Å². The lowest BCUT2D eigenvalue weighted by Crippen LogP contribution is -2.25. The van der Waals surface area contributed by atoms with E-state index in [0.29, 0.717) is 0 Å². The van der Waals surface area contributed by atoms with Gasteiger partial charge in [-0.1, -0.05) is 44.2 Å². The van der Waals surface area contributed by atoms with Crippen LogP contribution in [0.25, 0.3) is 0 Å². The summed E-state index contributed by atoms with van der Waals surface area (Å²) in [6.45, 7) is 6.52. The van der Waals surface area contributed by atoms with Crippen molar-refractivity contribution in [1.82, 2.24) is 0 Å². The highest BCUT2D eigenvalue weighted by molar-refractivity contribution is 5.97. The number of carboxylic acids is 2. The Hall–Kier alpha value is -2.34. The monoisotopic (exact) mass is 308 g/mol. The van der Waals surface area contributed by atoms with Crippen molar-refractivity contribution in [2.75, 3.05) is 0 Å². The van der Waals surface area contributed by atoms with Gasteiger partial charge in [-0.05, 0) is 25.3 Å². The van der Waals surface area contributed by atoms with Crippen LogP contribution in [0.15, 0.2) is 41.7 Å². The molecular weight excluding hydrogens is 288 g/mol. The van der Waals surface area contributed by atoms with Gasteiger partial charge in [0.2, 0.25) is 0 Å². The van der Waals surface area contributed by atoms with Crippen LogP contribution < -0.4 is 0 Å². The van der Waals surface area contributed by atoms with E-state index < -0.39 is 29.2 Å². The van der Waals surface area contributed by atoms with Crippen molar-refractivity contribution in [2.45, 2.75) is 33.3 Å². The van der Waals surface area contributed by atoms with Gasteiger partial charge >= 0.3 is 11.9 Å². The van der Waals surface area contributed by atoms with Crippen molar-refractivity contribution in [1.29, 1.82) is 0 Å². The molecule has 0 heterocycles. The van der Waals surface area contributed by atoms with Crippen molar-refractivity contribution in [3.63, 3.8) is 0 Å². The van der Waals surface area contributed by atoms with E-state index in [1.165, 1.54) is 0 Å². The van der Waals surface area contributed by atoms with Crippen LogP contribution in [0.3, 0.4) is 0 Å². The maximum atomic E-state index is 11.3. The van der Waals surface area contributed by atoms with Gasteiger partial charge in [-0.15, -0.1) is 0 Å². The lowest BCUT2D eigenvalue weighted by atomic mass is 9.99. The number of hydrogen-bond donors (Lipinski definition) is 2. The lowest BCUT2D eigenvalue weighted by Gasteiger charge is -2.24. The Kier molecular flexibility index (Phi) is 5.70. The summed E-state index contributed by atoms with van der Waals surface area (Å²) in [5.41, 5.74) is -0.528. The largest absolute Gasteiger partial charge is 0.478 e. The molecule has 0 aliphatic carbocycles. The maximum Gasteiger partial charge on any atom is 0.375 e. The maximum absolute atomic E-state index is 11.3. The van der Waals surface area contributed by atoms with Crippen LogP contribution in [-0.2, 0) is 25.0 Å². The van der Waals surface area contributed by atoms with Gasteiger partial charge in [0.05, 0.1) is 5.57 Å². The van der Waals surface area contributed by atoms with Crippen molar-refractivity contribution in [3.8, 4) is 0 Å². The zero-order chi connectivity index (χ0) is 16.9. The van der Waals surface area contributed by atoms with E-state index >= 15 is 0 Å². The first-order valence-electron chi connectivity index (χ1n) is 6.78. The summed E-state index contributed by atoms with van der Waals surface area (Å²) in [7, 11) is 0. The Labute approximate surface area is 128 Å². The molecule has 6 nitrogen and oxygen atoms in total. The van der Waals surface area contributed by atoms with Gasteiger partial charge in [-0.3, -0.25) is 0 Å². The summed E-state index contributed by atoms with van der Waals surface area (Å²) in [4.78, 5) is 32.6. The molecule has 1 aromatic carbocycles. The van der Waals surface area contributed by atoms with Crippen molar-refractivity contribution < 1.29 is 29.6 Å². The zero-order valence-electron chi connectivity index (χ0n) is 13.0. The van der Waals surface area contributed by atoms with Crippen molar-refractivity contribution in [3.05, 3.63) is 47.2 Å². The number of carboxylic acid groups (broad SMARTS) is 2. The Morgan fingerprint density at radius 2 is 1.59 bits per heavy atom. The van der Waals surface area contributed by atoms with E-state index in [4.69, 9.17) is 14.9 Å². The number of benzene rings is 1. The minimum atomic E-state index is -1.49. The van der Waals surface area contributed by atoms with E-state index in [2.05, 4.69) is 0 Å².